The van der Waals surface area contributed by atoms with Crippen LogP contribution in [0.2, 0.25) is 0 Å². The van der Waals surface area contributed by atoms with E-state index in [0.29, 0.717) is 23.1 Å². The van der Waals surface area contributed by atoms with E-state index in [0.717, 1.165) is 22.6 Å². The number of H-pyrrole nitrogens is 1. The summed E-state index contributed by atoms with van der Waals surface area (Å²) in [7, 11) is 1.31. The molecule has 0 atom stereocenters. The average molecular weight is 392 g/mol. The summed E-state index contributed by atoms with van der Waals surface area (Å²) in [5.74, 6) is -0.674. The van der Waals surface area contributed by atoms with Gasteiger partial charge in [-0.15, -0.1) is 11.3 Å². The molecule has 0 saturated heterocycles. The minimum absolute atomic E-state index is 0.0688. The van der Waals surface area contributed by atoms with Gasteiger partial charge in [0.2, 0.25) is 5.91 Å². The van der Waals surface area contributed by atoms with Gasteiger partial charge in [-0.1, -0.05) is 11.3 Å². The second-order valence-corrected chi connectivity index (χ2v) is 7.10. The van der Waals surface area contributed by atoms with E-state index in [2.05, 4.69) is 20.0 Å². The highest BCUT2D eigenvalue weighted by molar-refractivity contribution is 7.14. The number of aryl methyl sites for hydroxylation is 1. The van der Waals surface area contributed by atoms with Gasteiger partial charge < -0.3 is 19.6 Å². The number of hydrogen-bond acceptors (Lipinski definition) is 7. The summed E-state index contributed by atoms with van der Waals surface area (Å²) in [6.45, 7) is 2.17. The Balaban J connectivity index is 1.61. The Morgan fingerprint density at radius 3 is 2.85 bits per heavy atom. The number of nitrogens with one attached hydrogen (secondary N) is 2. The maximum absolute atomic E-state index is 12.1. The summed E-state index contributed by atoms with van der Waals surface area (Å²) in [5.41, 5.74) is 2.54. The lowest BCUT2D eigenvalue weighted by Gasteiger charge is -2.04. The van der Waals surface area contributed by atoms with Crippen molar-refractivity contribution < 1.29 is 14.3 Å². The molecular weight excluding hydrogens is 376 g/mol. The summed E-state index contributed by atoms with van der Waals surface area (Å²) in [4.78, 5) is 42.3. The van der Waals surface area contributed by atoms with Crippen molar-refractivity contribution in [1.82, 2.24) is 14.5 Å². The third kappa shape index (κ3) is 3.92. The number of hydrogen-bond donors (Lipinski definition) is 2. The maximum Gasteiger partial charge on any atom is 0.354 e. The lowest BCUT2D eigenvalue weighted by atomic mass is 10.2. The predicted octanol–water partition coefficient (Wildman–Crippen LogP) is 2.49. The fraction of sp³-hybridized carbons (Fsp3) is 0.250. The average Bonchev–Trinajstić information content (AvgIpc) is 3.34. The van der Waals surface area contributed by atoms with Crippen LogP contribution in [0.3, 0.4) is 0 Å². The first-order chi connectivity index (χ1) is 12.5. The van der Waals surface area contributed by atoms with Gasteiger partial charge >= 0.3 is 10.8 Å². The molecule has 3 aromatic heterocycles. The minimum atomic E-state index is -0.459. The smallest absolute Gasteiger partial charge is 0.354 e. The van der Waals surface area contributed by atoms with Crippen LogP contribution in [0, 0.1) is 6.92 Å². The molecule has 8 nitrogen and oxygen atoms in total. The zero-order valence-electron chi connectivity index (χ0n) is 14.1. The molecule has 0 aliphatic rings. The molecule has 0 aromatic carbocycles. The summed E-state index contributed by atoms with van der Waals surface area (Å²) in [5, 5.41) is 6.74. The molecule has 26 heavy (non-hydrogen) atoms. The number of amides is 1. The summed E-state index contributed by atoms with van der Waals surface area (Å²) in [6.07, 6.45) is 1.84. The molecule has 3 aromatic rings. The number of anilines is 1. The van der Waals surface area contributed by atoms with Crippen molar-refractivity contribution in [2.24, 2.45) is 0 Å². The number of nitrogens with zero attached hydrogens (tertiary/aromatic N) is 2. The van der Waals surface area contributed by atoms with Crippen LogP contribution in [-0.2, 0) is 16.1 Å². The number of rotatable bonds is 6. The Hall–Kier alpha value is -2.72. The zero-order valence-corrected chi connectivity index (χ0v) is 15.7. The van der Waals surface area contributed by atoms with E-state index in [-0.39, 0.29) is 17.2 Å². The van der Waals surface area contributed by atoms with Crippen molar-refractivity contribution in [3.8, 4) is 11.3 Å². The molecule has 0 aliphatic heterocycles. The normalized spacial score (nSPS) is 10.7. The van der Waals surface area contributed by atoms with Crippen LogP contribution < -0.4 is 10.2 Å². The molecule has 0 radical (unpaired) electrons. The van der Waals surface area contributed by atoms with Gasteiger partial charge in [-0.25, -0.2) is 9.78 Å². The van der Waals surface area contributed by atoms with Crippen molar-refractivity contribution in [3.63, 3.8) is 0 Å². The van der Waals surface area contributed by atoms with E-state index in [4.69, 9.17) is 0 Å². The standard InChI is InChI=1S/C16H16N4O4S2/c1-9-7-26-16(23)20(9)4-3-13(21)19-15-18-12(8-25-15)10-5-11(17-6-10)14(22)24-2/h5-8,17H,3-4H2,1-2H3,(H,18,19,21). The summed E-state index contributed by atoms with van der Waals surface area (Å²) in [6, 6.07) is 1.64. The van der Waals surface area contributed by atoms with Crippen LogP contribution in [-0.4, -0.2) is 33.5 Å². The monoisotopic (exact) mass is 392 g/mol. The zero-order chi connectivity index (χ0) is 18.7. The van der Waals surface area contributed by atoms with Crippen LogP contribution >= 0.6 is 22.7 Å². The van der Waals surface area contributed by atoms with E-state index >= 15 is 0 Å². The first-order valence-electron chi connectivity index (χ1n) is 7.65. The van der Waals surface area contributed by atoms with Gasteiger partial charge in [0, 0.05) is 41.2 Å². The van der Waals surface area contributed by atoms with Gasteiger partial charge in [0.15, 0.2) is 5.13 Å². The van der Waals surface area contributed by atoms with E-state index in [1.807, 2.05) is 6.92 Å². The van der Waals surface area contributed by atoms with Gasteiger partial charge in [0.05, 0.1) is 12.8 Å². The van der Waals surface area contributed by atoms with Crippen molar-refractivity contribution in [2.45, 2.75) is 19.9 Å². The third-order valence-corrected chi connectivity index (χ3v) is 5.31. The molecule has 3 heterocycles. The number of methoxy groups -OCH3 is 1. The molecule has 0 aliphatic carbocycles. The van der Waals surface area contributed by atoms with E-state index in [9.17, 15) is 14.4 Å². The quantitative estimate of drug-likeness (QED) is 0.627. The Morgan fingerprint density at radius 1 is 1.35 bits per heavy atom. The van der Waals surface area contributed by atoms with Gasteiger partial charge in [0.25, 0.3) is 0 Å². The third-order valence-electron chi connectivity index (χ3n) is 3.67. The summed E-state index contributed by atoms with van der Waals surface area (Å²) < 4.78 is 6.22. The molecular formula is C16H16N4O4S2. The number of esters is 1. The van der Waals surface area contributed by atoms with Crippen LogP contribution in [0.15, 0.2) is 27.8 Å². The van der Waals surface area contributed by atoms with Crippen LogP contribution in [0.25, 0.3) is 11.3 Å². The first kappa shape index (κ1) is 18.1. The van der Waals surface area contributed by atoms with Crippen molar-refractivity contribution >= 4 is 39.7 Å². The fourth-order valence-electron chi connectivity index (χ4n) is 2.30. The topological polar surface area (TPSA) is 106 Å². The van der Waals surface area contributed by atoms with Crippen LogP contribution in [0.4, 0.5) is 5.13 Å². The van der Waals surface area contributed by atoms with Crippen molar-refractivity contribution in [3.05, 3.63) is 44.1 Å². The molecule has 136 valence electrons. The van der Waals surface area contributed by atoms with Crippen molar-refractivity contribution in [1.29, 1.82) is 0 Å². The molecule has 0 saturated carbocycles. The molecule has 0 spiro atoms. The van der Waals surface area contributed by atoms with Gasteiger partial charge in [-0.3, -0.25) is 9.59 Å². The number of thiazole rings is 2. The van der Waals surface area contributed by atoms with Crippen molar-refractivity contribution in [2.75, 3.05) is 12.4 Å². The van der Waals surface area contributed by atoms with Gasteiger partial charge in [0.1, 0.15) is 5.69 Å². The highest BCUT2D eigenvalue weighted by atomic mass is 32.1. The second kappa shape index (κ2) is 7.67. The fourth-order valence-corrected chi connectivity index (χ4v) is 3.80. The molecule has 3 rings (SSSR count). The Kier molecular flexibility index (Phi) is 5.33. The van der Waals surface area contributed by atoms with E-state index < -0.39 is 5.97 Å². The van der Waals surface area contributed by atoms with Gasteiger partial charge in [-0.05, 0) is 13.0 Å². The predicted molar refractivity (Wildman–Crippen MR) is 99.8 cm³/mol. The molecule has 10 heteroatoms. The lowest BCUT2D eigenvalue weighted by molar-refractivity contribution is -0.116. The molecule has 0 unspecified atom stereocenters. The molecule has 1 amide bonds. The summed E-state index contributed by atoms with van der Waals surface area (Å²) >= 11 is 2.41. The number of aromatic amines is 1. The highest BCUT2D eigenvalue weighted by Crippen LogP contribution is 2.25. The maximum atomic E-state index is 12.1. The molecule has 0 fully saturated rings. The largest absolute Gasteiger partial charge is 0.464 e. The number of ether oxygens (including phenoxy) is 1. The Labute approximate surface area is 156 Å². The number of aromatic nitrogens is 3. The van der Waals surface area contributed by atoms with Crippen LogP contribution in [0.5, 0.6) is 0 Å². The van der Waals surface area contributed by atoms with E-state index in [1.54, 1.807) is 27.6 Å². The first-order valence-corrected chi connectivity index (χ1v) is 9.41. The molecule has 2 N–H and O–H groups in total. The molecule has 0 bridgehead atoms. The van der Waals surface area contributed by atoms with E-state index in [1.165, 1.54) is 18.4 Å². The lowest BCUT2D eigenvalue weighted by Crippen LogP contribution is -2.20. The van der Waals surface area contributed by atoms with Crippen LogP contribution in [0.1, 0.15) is 22.6 Å². The number of carbonyl (C=O) groups excluding carboxylic acids is 2. The Bertz CT molecular complexity index is 998. The minimum Gasteiger partial charge on any atom is -0.464 e. The Morgan fingerprint density at radius 2 is 2.15 bits per heavy atom. The number of carbonyl (C=O) groups is 2. The van der Waals surface area contributed by atoms with Gasteiger partial charge in [-0.2, -0.15) is 0 Å². The second-order valence-electron chi connectivity index (χ2n) is 5.42. The highest BCUT2D eigenvalue weighted by Gasteiger charge is 2.13. The SMILES string of the molecule is COC(=O)c1cc(-c2csc(NC(=O)CCn3c(C)csc3=O)n2)c[nH]1.